The molecule has 0 spiro atoms. The SMILES string of the molecule is O=C(c1ccc(NC2=C(Cl)C(=O)N(c3cccc(Cl)c3)C2=O)cc1)N1CCN(c2ccccc2)CC1. The van der Waals surface area contributed by atoms with Gasteiger partial charge in [0, 0.05) is 48.1 Å². The van der Waals surface area contributed by atoms with E-state index in [1.54, 1.807) is 42.5 Å². The maximum absolute atomic E-state index is 13.0. The second-order valence-electron chi connectivity index (χ2n) is 8.43. The summed E-state index contributed by atoms with van der Waals surface area (Å²) < 4.78 is 0. The van der Waals surface area contributed by atoms with Crippen molar-refractivity contribution >= 4 is 58.0 Å². The Labute approximate surface area is 218 Å². The van der Waals surface area contributed by atoms with Gasteiger partial charge in [-0.25, -0.2) is 4.90 Å². The Morgan fingerprint density at radius 3 is 2.08 bits per heavy atom. The van der Waals surface area contributed by atoms with Crippen LogP contribution in [0.4, 0.5) is 17.1 Å². The van der Waals surface area contributed by atoms with Gasteiger partial charge in [0.15, 0.2) is 0 Å². The van der Waals surface area contributed by atoms with E-state index in [2.05, 4.69) is 22.3 Å². The van der Waals surface area contributed by atoms with Gasteiger partial charge in [0.25, 0.3) is 17.7 Å². The molecule has 1 fully saturated rings. The fourth-order valence-corrected chi connectivity index (χ4v) is 4.69. The van der Waals surface area contributed by atoms with E-state index in [-0.39, 0.29) is 16.6 Å². The number of carbonyl (C=O) groups excluding carboxylic acids is 3. The molecule has 5 rings (SSSR count). The molecule has 36 heavy (non-hydrogen) atoms. The first-order valence-electron chi connectivity index (χ1n) is 11.4. The number of para-hydroxylation sites is 1. The number of benzene rings is 3. The van der Waals surface area contributed by atoms with Crippen LogP contribution >= 0.6 is 23.2 Å². The van der Waals surface area contributed by atoms with E-state index in [9.17, 15) is 14.4 Å². The van der Waals surface area contributed by atoms with E-state index in [1.807, 2.05) is 23.1 Å². The van der Waals surface area contributed by atoms with Crippen LogP contribution in [0.2, 0.25) is 5.02 Å². The van der Waals surface area contributed by atoms with Crippen molar-refractivity contribution in [2.45, 2.75) is 0 Å². The maximum Gasteiger partial charge on any atom is 0.283 e. The van der Waals surface area contributed by atoms with Crippen molar-refractivity contribution in [1.29, 1.82) is 0 Å². The molecule has 3 aromatic carbocycles. The molecule has 0 atom stereocenters. The van der Waals surface area contributed by atoms with Crippen molar-refractivity contribution < 1.29 is 14.4 Å². The largest absolute Gasteiger partial charge is 0.368 e. The number of halogens is 2. The number of amides is 3. The van der Waals surface area contributed by atoms with E-state index in [0.717, 1.165) is 23.7 Å². The lowest BCUT2D eigenvalue weighted by molar-refractivity contribution is -0.120. The average Bonchev–Trinajstić information content (AvgIpc) is 3.12. The highest BCUT2D eigenvalue weighted by molar-refractivity contribution is 6.53. The van der Waals surface area contributed by atoms with Crippen LogP contribution in [0, 0.1) is 0 Å². The maximum atomic E-state index is 13.0. The molecule has 0 saturated carbocycles. The van der Waals surface area contributed by atoms with Gasteiger partial charge < -0.3 is 15.1 Å². The summed E-state index contributed by atoms with van der Waals surface area (Å²) >= 11 is 12.2. The van der Waals surface area contributed by atoms with E-state index < -0.39 is 11.8 Å². The molecule has 0 unspecified atom stereocenters. The Bertz CT molecular complexity index is 1350. The number of hydrogen-bond donors (Lipinski definition) is 1. The minimum atomic E-state index is -0.632. The van der Waals surface area contributed by atoms with Crippen LogP contribution in [0.25, 0.3) is 0 Å². The Kier molecular flexibility index (Phi) is 6.67. The molecule has 3 aromatic rings. The number of anilines is 3. The topological polar surface area (TPSA) is 73.0 Å². The molecule has 2 aliphatic heterocycles. The molecule has 0 radical (unpaired) electrons. The zero-order chi connectivity index (χ0) is 25.2. The molecule has 0 aliphatic carbocycles. The second-order valence-corrected chi connectivity index (χ2v) is 9.25. The van der Waals surface area contributed by atoms with Crippen LogP contribution in [-0.4, -0.2) is 48.8 Å². The molecule has 9 heteroatoms. The number of nitrogens with zero attached hydrogens (tertiary/aromatic N) is 3. The van der Waals surface area contributed by atoms with Gasteiger partial charge in [-0.1, -0.05) is 47.5 Å². The molecule has 3 amide bonds. The minimum absolute atomic E-state index is 0.0299. The first kappa shape index (κ1) is 23.9. The number of imide groups is 1. The lowest BCUT2D eigenvalue weighted by Crippen LogP contribution is -2.48. The summed E-state index contributed by atoms with van der Waals surface area (Å²) in [6.07, 6.45) is 0. The molecular weight excluding hydrogens is 499 g/mol. The van der Waals surface area contributed by atoms with Crippen molar-refractivity contribution in [2.75, 3.05) is 41.3 Å². The fourth-order valence-electron chi connectivity index (χ4n) is 4.29. The molecule has 0 aromatic heterocycles. The summed E-state index contributed by atoms with van der Waals surface area (Å²) in [6.45, 7) is 2.79. The van der Waals surface area contributed by atoms with Crippen LogP contribution in [0.15, 0.2) is 89.6 Å². The van der Waals surface area contributed by atoms with Gasteiger partial charge in [0.2, 0.25) is 0 Å². The van der Waals surface area contributed by atoms with Gasteiger partial charge in [-0.3, -0.25) is 14.4 Å². The molecule has 1 saturated heterocycles. The third-order valence-electron chi connectivity index (χ3n) is 6.18. The van der Waals surface area contributed by atoms with Crippen LogP contribution in [0.3, 0.4) is 0 Å². The van der Waals surface area contributed by atoms with E-state index in [0.29, 0.717) is 35.1 Å². The zero-order valence-electron chi connectivity index (χ0n) is 19.2. The quantitative estimate of drug-likeness (QED) is 0.492. The Morgan fingerprint density at radius 2 is 1.42 bits per heavy atom. The van der Waals surface area contributed by atoms with E-state index >= 15 is 0 Å². The fraction of sp³-hybridized carbons (Fsp3) is 0.148. The predicted molar refractivity (Wildman–Crippen MR) is 141 cm³/mol. The highest BCUT2D eigenvalue weighted by atomic mass is 35.5. The van der Waals surface area contributed by atoms with E-state index in [4.69, 9.17) is 23.2 Å². The van der Waals surface area contributed by atoms with Gasteiger partial charge in [-0.05, 0) is 54.6 Å². The highest BCUT2D eigenvalue weighted by Crippen LogP contribution is 2.31. The summed E-state index contributed by atoms with van der Waals surface area (Å²) in [7, 11) is 0. The van der Waals surface area contributed by atoms with Crippen LogP contribution in [-0.2, 0) is 9.59 Å². The smallest absolute Gasteiger partial charge is 0.283 e. The number of carbonyl (C=O) groups is 3. The summed E-state index contributed by atoms with van der Waals surface area (Å²) in [5, 5.41) is 3.11. The number of piperazine rings is 1. The third kappa shape index (κ3) is 4.67. The predicted octanol–water partition coefficient (Wildman–Crippen LogP) is 4.74. The van der Waals surface area contributed by atoms with Crippen molar-refractivity contribution in [3.8, 4) is 0 Å². The van der Waals surface area contributed by atoms with Gasteiger partial charge in [-0.15, -0.1) is 0 Å². The Hall–Kier alpha value is -3.81. The van der Waals surface area contributed by atoms with Crippen LogP contribution in [0.5, 0.6) is 0 Å². The first-order valence-corrected chi connectivity index (χ1v) is 12.2. The molecular formula is C27H22Cl2N4O3. The van der Waals surface area contributed by atoms with Crippen LogP contribution < -0.4 is 15.1 Å². The van der Waals surface area contributed by atoms with E-state index in [1.165, 1.54) is 6.07 Å². The molecule has 7 nitrogen and oxygen atoms in total. The Balaban J connectivity index is 1.23. The second kappa shape index (κ2) is 10.0. The standard InChI is InChI=1S/C27H22Cl2N4O3/c28-19-5-4-8-22(17-19)33-26(35)23(29)24(27(33)36)30-20-11-9-18(10-12-20)25(34)32-15-13-31(14-16-32)21-6-2-1-3-7-21/h1-12,17,30H,13-16H2. The molecule has 2 aliphatic rings. The monoisotopic (exact) mass is 520 g/mol. The highest BCUT2D eigenvalue weighted by Gasteiger charge is 2.39. The summed E-state index contributed by atoms with van der Waals surface area (Å²) in [5.41, 5.74) is 2.53. The lowest BCUT2D eigenvalue weighted by Gasteiger charge is -2.36. The summed E-state index contributed by atoms with van der Waals surface area (Å²) in [4.78, 5) is 43.7. The average molecular weight is 521 g/mol. The lowest BCUT2D eigenvalue weighted by atomic mass is 10.1. The van der Waals surface area contributed by atoms with Gasteiger partial charge in [-0.2, -0.15) is 0 Å². The number of nitrogens with one attached hydrogen (secondary N) is 1. The summed E-state index contributed by atoms with van der Waals surface area (Å²) in [5.74, 6) is -1.26. The molecule has 1 N–H and O–H groups in total. The number of hydrogen-bond acceptors (Lipinski definition) is 5. The van der Waals surface area contributed by atoms with Gasteiger partial charge >= 0.3 is 0 Å². The zero-order valence-corrected chi connectivity index (χ0v) is 20.7. The molecule has 182 valence electrons. The normalized spacial score (nSPS) is 16.1. The van der Waals surface area contributed by atoms with Crippen molar-refractivity contribution in [3.05, 3.63) is 100 Å². The molecule has 2 heterocycles. The minimum Gasteiger partial charge on any atom is -0.368 e. The molecule has 0 bridgehead atoms. The first-order chi connectivity index (χ1) is 17.4. The van der Waals surface area contributed by atoms with Gasteiger partial charge in [0.05, 0.1) is 5.69 Å². The van der Waals surface area contributed by atoms with Crippen LogP contribution in [0.1, 0.15) is 10.4 Å². The van der Waals surface area contributed by atoms with Gasteiger partial charge in [0.1, 0.15) is 10.7 Å². The Morgan fingerprint density at radius 1 is 0.750 bits per heavy atom. The summed E-state index contributed by atoms with van der Waals surface area (Å²) in [6, 6.07) is 23.3. The number of rotatable bonds is 5. The van der Waals surface area contributed by atoms with Crippen molar-refractivity contribution in [2.24, 2.45) is 0 Å². The third-order valence-corrected chi connectivity index (χ3v) is 6.77. The van der Waals surface area contributed by atoms with Crippen molar-refractivity contribution in [3.63, 3.8) is 0 Å². The van der Waals surface area contributed by atoms with Crippen molar-refractivity contribution in [1.82, 2.24) is 4.90 Å².